The van der Waals surface area contributed by atoms with E-state index in [1.54, 1.807) is 24.3 Å². The van der Waals surface area contributed by atoms with E-state index in [2.05, 4.69) is 53.7 Å². The molecule has 3 nitrogen and oxygen atoms in total. The Hall–Kier alpha value is -3.08. The van der Waals surface area contributed by atoms with Crippen LogP contribution in [0.2, 0.25) is 0 Å². The summed E-state index contributed by atoms with van der Waals surface area (Å²) < 4.78 is 27.1. The molecule has 1 aliphatic carbocycles. The number of unbranched alkanes of at least 4 members (excludes halogenated alkanes) is 1. The Morgan fingerprint density at radius 1 is 0.860 bits per heavy atom. The normalized spacial score (nSPS) is 19.4. The van der Waals surface area contributed by atoms with Crippen molar-refractivity contribution in [3.63, 3.8) is 0 Å². The molecule has 1 amide bonds. The van der Waals surface area contributed by atoms with Gasteiger partial charge in [-0.05, 0) is 83.4 Å². The number of hydrogen-bond donors (Lipinski definition) is 0. The van der Waals surface area contributed by atoms with E-state index in [1.165, 1.54) is 35.4 Å². The summed E-state index contributed by atoms with van der Waals surface area (Å²) in [5.41, 5.74) is 4.56. The fourth-order valence-electron chi connectivity index (χ4n) is 6.36. The van der Waals surface area contributed by atoms with Crippen molar-refractivity contribution in [1.82, 2.24) is 4.90 Å². The molecule has 2 aliphatic rings. The van der Waals surface area contributed by atoms with Crippen LogP contribution in [0.5, 0.6) is 0 Å². The van der Waals surface area contributed by atoms with Gasteiger partial charge in [-0.2, -0.15) is 0 Å². The van der Waals surface area contributed by atoms with Gasteiger partial charge in [-0.15, -0.1) is 0 Å². The molecule has 232 valence electrons. The molecule has 0 spiro atoms. The lowest BCUT2D eigenvalue weighted by Crippen LogP contribution is -2.29. The van der Waals surface area contributed by atoms with Crippen molar-refractivity contribution in [1.29, 1.82) is 0 Å². The maximum absolute atomic E-state index is 13.5. The van der Waals surface area contributed by atoms with Gasteiger partial charge < -0.3 is 4.90 Å². The first-order valence-electron chi connectivity index (χ1n) is 16.0. The monoisotopic (exact) mass is 589 g/mol. The number of hydrogen-bond acceptors (Lipinski definition) is 2. The molecule has 0 radical (unpaired) electrons. The molecular weight excluding hydrogens is 540 g/mol. The summed E-state index contributed by atoms with van der Waals surface area (Å²) in [6.07, 6.45) is 9.53. The quantitative estimate of drug-likeness (QED) is 0.259. The van der Waals surface area contributed by atoms with Crippen LogP contribution in [-0.2, 0) is 9.59 Å². The highest BCUT2D eigenvalue weighted by atomic mass is 19.1. The minimum Gasteiger partial charge on any atom is -0.342 e. The average molecular weight is 590 g/mol. The van der Waals surface area contributed by atoms with E-state index in [1.807, 2.05) is 4.90 Å². The molecule has 43 heavy (non-hydrogen) atoms. The molecule has 2 aromatic carbocycles. The molecule has 4 rings (SSSR count). The summed E-state index contributed by atoms with van der Waals surface area (Å²) in [5.74, 6) is 0.0221. The van der Waals surface area contributed by atoms with E-state index in [9.17, 15) is 18.4 Å². The fourth-order valence-corrected chi connectivity index (χ4v) is 6.36. The van der Waals surface area contributed by atoms with Gasteiger partial charge in [0.15, 0.2) is 0 Å². The van der Waals surface area contributed by atoms with Gasteiger partial charge in [0, 0.05) is 37.8 Å². The van der Waals surface area contributed by atoms with Crippen molar-refractivity contribution in [2.24, 2.45) is 22.7 Å². The van der Waals surface area contributed by atoms with Crippen molar-refractivity contribution in [3.8, 4) is 0 Å². The molecule has 0 aromatic heterocycles. The molecule has 0 bridgehead atoms. The lowest BCUT2D eigenvalue weighted by molar-refractivity contribution is -0.130. The molecule has 1 saturated heterocycles. The second-order valence-corrected chi connectivity index (χ2v) is 14.7. The van der Waals surface area contributed by atoms with Gasteiger partial charge in [-0.1, -0.05) is 90.0 Å². The van der Waals surface area contributed by atoms with Gasteiger partial charge in [-0.3, -0.25) is 9.59 Å². The summed E-state index contributed by atoms with van der Waals surface area (Å²) in [4.78, 5) is 28.5. The molecule has 1 fully saturated rings. The van der Waals surface area contributed by atoms with Gasteiger partial charge in [0.2, 0.25) is 5.91 Å². The van der Waals surface area contributed by atoms with E-state index in [4.69, 9.17) is 0 Å². The van der Waals surface area contributed by atoms with Gasteiger partial charge in [0.05, 0.1) is 0 Å². The Morgan fingerprint density at radius 3 is 1.98 bits per heavy atom. The SMILES string of the molecule is CC(C)(C)C1=CC(C(=O)C[C@H]2CCN(C(=O)CCCCC(c3ccc(F)cc3)c3ccc(F)cc3)C2)CC(C(C)(C)C)=C1. The van der Waals surface area contributed by atoms with Crippen LogP contribution < -0.4 is 0 Å². The van der Waals surface area contributed by atoms with Gasteiger partial charge in [0.25, 0.3) is 0 Å². The third-order valence-electron chi connectivity index (χ3n) is 9.20. The van der Waals surface area contributed by atoms with E-state index in [0.717, 1.165) is 43.2 Å². The first-order valence-corrected chi connectivity index (χ1v) is 16.0. The Morgan fingerprint density at radius 2 is 1.44 bits per heavy atom. The molecule has 2 atom stereocenters. The number of Topliss-reactive ketones (excluding diaryl/α,β-unsaturated/α-hetero) is 1. The molecule has 1 unspecified atom stereocenters. The highest BCUT2D eigenvalue weighted by molar-refractivity contribution is 5.84. The summed E-state index contributed by atoms with van der Waals surface area (Å²) in [5, 5.41) is 0. The van der Waals surface area contributed by atoms with Crippen molar-refractivity contribution < 1.29 is 18.4 Å². The number of ketones is 1. The zero-order valence-corrected chi connectivity index (χ0v) is 26.9. The Labute approximate surface area is 257 Å². The number of likely N-dealkylation sites (tertiary alicyclic amines) is 1. The molecule has 1 heterocycles. The number of carbonyl (C=O) groups is 2. The minimum absolute atomic E-state index is 0.00984. The Bertz CT molecular complexity index is 1280. The number of allylic oxidation sites excluding steroid dienone is 4. The van der Waals surface area contributed by atoms with Gasteiger partial charge >= 0.3 is 0 Å². The molecular formula is C38H49F2NO2. The van der Waals surface area contributed by atoms with Crippen LogP contribution in [0.25, 0.3) is 0 Å². The topological polar surface area (TPSA) is 37.4 Å². The first-order chi connectivity index (χ1) is 20.2. The Balaban J connectivity index is 1.28. The third-order valence-corrected chi connectivity index (χ3v) is 9.20. The number of halogens is 2. The largest absolute Gasteiger partial charge is 0.342 e. The van der Waals surface area contributed by atoms with Crippen molar-refractivity contribution in [2.45, 2.75) is 92.4 Å². The van der Waals surface area contributed by atoms with Crippen LogP contribution >= 0.6 is 0 Å². The predicted octanol–water partition coefficient (Wildman–Crippen LogP) is 9.43. The second-order valence-electron chi connectivity index (χ2n) is 14.7. The number of nitrogens with zero attached hydrogens (tertiary/aromatic N) is 1. The van der Waals surface area contributed by atoms with Crippen LogP contribution in [0, 0.1) is 34.3 Å². The standard InChI is InChI=1S/C38H49F2NO2/c1-37(2,3)30-22-29(23-31(24-30)38(4,5)6)35(42)21-26-19-20-41(25-26)36(43)10-8-7-9-34(27-11-15-32(39)16-12-27)28-13-17-33(40)18-14-28/h11-18,22,24,26,29,34H,7-10,19-21,23,25H2,1-6H3/t26-,29?/m1/s1. The lowest BCUT2D eigenvalue weighted by atomic mass is 9.71. The maximum atomic E-state index is 13.5. The van der Waals surface area contributed by atoms with Gasteiger partial charge in [-0.25, -0.2) is 8.78 Å². The fraction of sp³-hybridized carbons (Fsp3) is 0.526. The molecule has 0 N–H and O–H groups in total. The smallest absolute Gasteiger partial charge is 0.222 e. The predicted molar refractivity (Wildman–Crippen MR) is 171 cm³/mol. The summed E-state index contributed by atoms with van der Waals surface area (Å²) in [6, 6.07) is 13.0. The van der Waals surface area contributed by atoms with Crippen molar-refractivity contribution in [2.75, 3.05) is 13.1 Å². The molecule has 2 aromatic rings. The van der Waals surface area contributed by atoms with E-state index < -0.39 is 0 Å². The highest BCUT2D eigenvalue weighted by Gasteiger charge is 2.33. The van der Waals surface area contributed by atoms with Crippen LogP contribution in [-0.4, -0.2) is 29.7 Å². The van der Waals surface area contributed by atoms with Crippen LogP contribution in [0.4, 0.5) is 8.78 Å². The van der Waals surface area contributed by atoms with E-state index >= 15 is 0 Å². The number of amides is 1. The Kier molecular flexibility index (Phi) is 10.5. The third kappa shape index (κ3) is 8.97. The number of rotatable bonds is 10. The van der Waals surface area contributed by atoms with Gasteiger partial charge in [0.1, 0.15) is 17.4 Å². The second kappa shape index (κ2) is 13.7. The highest BCUT2D eigenvalue weighted by Crippen LogP contribution is 2.41. The zero-order valence-electron chi connectivity index (χ0n) is 26.9. The van der Waals surface area contributed by atoms with E-state index in [-0.39, 0.29) is 46.1 Å². The van der Waals surface area contributed by atoms with Crippen LogP contribution in [0.3, 0.4) is 0 Å². The average Bonchev–Trinajstić information content (AvgIpc) is 3.42. The van der Waals surface area contributed by atoms with Crippen LogP contribution in [0.15, 0.2) is 71.8 Å². The first kappa shape index (κ1) is 32.8. The van der Waals surface area contributed by atoms with Crippen molar-refractivity contribution in [3.05, 3.63) is 94.6 Å². The lowest BCUT2D eigenvalue weighted by Gasteiger charge is -2.33. The minimum atomic E-state index is -0.283. The number of benzene rings is 2. The summed E-state index contributed by atoms with van der Waals surface area (Å²) >= 11 is 0. The molecule has 5 heteroatoms. The summed E-state index contributed by atoms with van der Waals surface area (Å²) in [6.45, 7) is 14.6. The maximum Gasteiger partial charge on any atom is 0.222 e. The van der Waals surface area contributed by atoms with Crippen LogP contribution in [0.1, 0.15) is 104 Å². The molecule has 0 saturated carbocycles. The molecule has 1 aliphatic heterocycles. The van der Waals surface area contributed by atoms with Crippen molar-refractivity contribution >= 4 is 11.7 Å². The van der Waals surface area contributed by atoms with E-state index in [0.29, 0.717) is 31.7 Å². The summed E-state index contributed by atoms with van der Waals surface area (Å²) in [7, 11) is 0. The zero-order chi connectivity index (χ0) is 31.4. The number of carbonyl (C=O) groups excluding carboxylic acids is 2.